The topological polar surface area (TPSA) is 53.4 Å². The zero-order chi connectivity index (χ0) is 54.3. The van der Waals surface area contributed by atoms with Gasteiger partial charge < -0.3 is 47.7 Å². The number of hydrogen-bond donors (Lipinski definition) is 2. The molecule has 0 aliphatic carbocycles. The monoisotopic (exact) mass is 1050 g/mol. The largest absolute Gasteiger partial charge is 0.396 e. The summed E-state index contributed by atoms with van der Waals surface area (Å²) in [7, 11) is 19.5. The summed E-state index contributed by atoms with van der Waals surface area (Å²) >= 11 is 0. The van der Waals surface area contributed by atoms with Gasteiger partial charge in [0, 0.05) is 26.3 Å². The average Bonchev–Trinajstić information content (AvgIpc) is 3.42. The van der Waals surface area contributed by atoms with Crippen LogP contribution in [0.4, 0.5) is 45.5 Å². The first-order valence-electron chi connectivity index (χ1n) is 30.6. The standard InChI is InChI=1S/C66H110N8O2/c1-71(2,49-33-19-15-11-9-13-17-21-35-57-75)53-55-73(5,6)51-47-69-63-41-27-23-37-59(63)67(60-38-24-28-42-64(60)69)45-31-32-46-68-61-39-25-29-43-65(61)70(66-44-30-26-40-62(66)68)48-52-74(7,8)56-54-72(3,4)50-34-20-16-12-10-14-18-22-36-58-76/h23-30,37-44,75-76H,9-22,31-36,45-58H2,1-8H3/q+4. The number of para-hydroxylation sites is 8. The van der Waals surface area contributed by atoms with Gasteiger partial charge in [-0.15, -0.1) is 0 Å². The Morgan fingerprint density at radius 2 is 0.434 bits per heavy atom. The van der Waals surface area contributed by atoms with E-state index in [-0.39, 0.29) is 0 Å². The highest BCUT2D eigenvalue weighted by atomic mass is 16.3. The number of anilines is 8. The predicted octanol–water partition coefficient (Wildman–Crippen LogP) is 13.7. The molecule has 76 heavy (non-hydrogen) atoms. The van der Waals surface area contributed by atoms with Gasteiger partial charge in [0.15, 0.2) is 0 Å². The maximum atomic E-state index is 9.02. The molecule has 0 bridgehead atoms. The molecule has 10 heteroatoms. The van der Waals surface area contributed by atoms with Gasteiger partial charge in [0.05, 0.1) is 141 Å². The highest BCUT2D eigenvalue weighted by molar-refractivity contribution is 5.94. The number of nitrogens with zero attached hydrogens (tertiary/aromatic N) is 8. The molecule has 0 atom stereocenters. The lowest BCUT2D eigenvalue weighted by molar-refractivity contribution is -0.945. The van der Waals surface area contributed by atoms with Crippen LogP contribution in [0.15, 0.2) is 97.1 Å². The molecule has 6 rings (SSSR count). The Balaban J connectivity index is 0.992. The SMILES string of the molecule is C[N+](C)(CCCCCCCCCCCO)CC[N+](C)(C)CCN1c2ccccc2N(CCCCN2c3ccccc3N(CC[N+](C)(C)CC[N+](C)(C)CCCCCCCCCCCO)c3ccccc32)c2ccccc21. The second kappa shape index (κ2) is 30.8. The van der Waals surface area contributed by atoms with Crippen molar-refractivity contribution in [1.82, 2.24) is 0 Å². The lowest BCUT2D eigenvalue weighted by Gasteiger charge is -2.42. The fourth-order valence-corrected chi connectivity index (χ4v) is 11.8. The number of fused-ring (bicyclic) bond motifs is 4. The first-order valence-corrected chi connectivity index (χ1v) is 30.6. The molecule has 2 heterocycles. The Morgan fingerprint density at radius 3 is 0.671 bits per heavy atom. The summed E-state index contributed by atoms with van der Waals surface area (Å²) in [5, 5.41) is 18.0. The van der Waals surface area contributed by atoms with E-state index in [2.05, 4.69) is 173 Å². The van der Waals surface area contributed by atoms with Gasteiger partial charge in [-0.3, -0.25) is 0 Å². The maximum Gasteiger partial charge on any atom is 0.128 e. The summed E-state index contributed by atoms with van der Waals surface area (Å²) < 4.78 is 4.20. The van der Waals surface area contributed by atoms with Crippen molar-refractivity contribution in [2.24, 2.45) is 0 Å². The molecule has 0 aromatic heterocycles. The Hall–Kier alpha value is -4.16. The lowest BCUT2D eigenvalue weighted by Crippen LogP contribution is -2.53. The van der Waals surface area contributed by atoms with E-state index in [1.54, 1.807) is 0 Å². The van der Waals surface area contributed by atoms with E-state index in [9.17, 15) is 0 Å². The fraction of sp³-hybridized carbons (Fsp3) is 0.636. The van der Waals surface area contributed by atoms with Crippen LogP contribution in [0, 0.1) is 0 Å². The first kappa shape index (κ1) is 61.1. The first-order chi connectivity index (χ1) is 36.6. The number of likely N-dealkylation sites (N-methyl/N-ethyl adjacent to an activating group) is 4. The number of quaternary nitrogens is 4. The number of rotatable bonds is 39. The smallest absolute Gasteiger partial charge is 0.128 e. The van der Waals surface area contributed by atoms with E-state index in [0.29, 0.717) is 13.2 Å². The second-order valence-electron chi connectivity index (χ2n) is 25.6. The molecular formula is C66H110N8O2+4. The minimum absolute atomic E-state index is 0.341. The second-order valence-corrected chi connectivity index (χ2v) is 25.6. The molecule has 0 spiro atoms. The van der Waals surface area contributed by atoms with E-state index in [4.69, 9.17) is 10.2 Å². The summed E-state index contributed by atoms with van der Waals surface area (Å²) in [6, 6.07) is 36.6. The molecule has 4 aromatic carbocycles. The van der Waals surface area contributed by atoms with Gasteiger partial charge in [0.2, 0.25) is 0 Å². The zero-order valence-corrected chi connectivity index (χ0v) is 49.8. The van der Waals surface area contributed by atoms with Crippen LogP contribution >= 0.6 is 0 Å². The predicted molar refractivity (Wildman–Crippen MR) is 328 cm³/mol. The molecule has 0 unspecified atom stereocenters. The summed E-state index contributed by atoms with van der Waals surface area (Å²) in [4.78, 5) is 10.4. The normalized spacial score (nSPS) is 13.8. The van der Waals surface area contributed by atoms with Crippen LogP contribution in [-0.2, 0) is 0 Å². The Kier molecular flexibility index (Phi) is 24.8. The van der Waals surface area contributed by atoms with Crippen LogP contribution in [0.1, 0.15) is 128 Å². The molecule has 2 aliphatic rings. The van der Waals surface area contributed by atoms with Crippen molar-refractivity contribution in [2.75, 3.05) is 168 Å². The van der Waals surface area contributed by atoms with E-state index >= 15 is 0 Å². The van der Waals surface area contributed by atoms with Crippen molar-refractivity contribution in [1.29, 1.82) is 0 Å². The minimum atomic E-state index is 0.341. The molecule has 0 amide bonds. The van der Waals surface area contributed by atoms with Crippen LogP contribution in [0.2, 0.25) is 0 Å². The van der Waals surface area contributed by atoms with Gasteiger partial charge in [0.1, 0.15) is 26.2 Å². The lowest BCUT2D eigenvalue weighted by atomic mass is 10.1. The number of benzene rings is 4. The zero-order valence-electron chi connectivity index (χ0n) is 49.8. The number of hydrogen-bond acceptors (Lipinski definition) is 6. The molecule has 10 nitrogen and oxygen atoms in total. The molecule has 0 saturated heterocycles. The van der Waals surface area contributed by atoms with E-state index < -0.39 is 0 Å². The Bertz CT molecular complexity index is 2010. The fourth-order valence-electron chi connectivity index (χ4n) is 11.8. The van der Waals surface area contributed by atoms with Crippen molar-refractivity contribution in [3.8, 4) is 0 Å². The van der Waals surface area contributed by atoms with Crippen molar-refractivity contribution < 1.29 is 28.1 Å². The summed E-state index contributed by atoms with van der Waals surface area (Å²) in [5.74, 6) is 0. The molecule has 0 radical (unpaired) electrons. The van der Waals surface area contributed by atoms with E-state index in [1.165, 1.54) is 188 Å². The highest BCUT2D eigenvalue weighted by Gasteiger charge is 2.33. The quantitative estimate of drug-likeness (QED) is 0.0343. The highest BCUT2D eigenvalue weighted by Crippen LogP contribution is 2.49. The van der Waals surface area contributed by atoms with Gasteiger partial charge in [-0.05, 0) is 99.9 Å². The third-order valence-corrected chi connectivity index (χ3v) is 17.2. The maximum absolute atomic E-state index is 9.02. The van der Waals surface area contributed by atoms with Crippen molar-refractivity contribution in [3.63, 3.8) is 0 Å². The average molecular weight is 1050 g/mol. The summed E-state index contributed by atoms with van der Waals surface area (Å²) in [6.07, 6.45) is 25.1. The Morgan fingerprint density at radius 1 is 0.237 bits per heavy atom. The summed E-state index contributed by atoms with van der Waals surface area (Å²) in [5.41, 5.74) is 10.6. The van der Waals surface area contributed by atoms with Crippen LogP contribution < -0.4 is 19.6 Å². The number of aliphatic hydroxyl groups is 2. The third kappa shape index (κ3) is 19.3. The van der Waals surface area contributed by atoms with Crippen molar-refractivity contribution in [3.05, 3.63) is 97.1 Å². The molecule has 0 fully saturated rings. The van der Waals surface area contributed by atoms with Gasteiger partial charge in [-0.1, -0.05) is 126 Å². The van der Waals surface area contributed by atoms with Crippen molar-refractivity contribution in [2.45, 2.75) is 128 Å². The van der Waals surface area contributed by atoms with Crippen molar-refractivity contribution >= 4 is 45.5 Å². The van der Waals surface area contributed by atoms with E-state index in [0.717, 1.165) is 82.9 Å². The molecule has 422 valence electrons. The van der Waals surface area contributed by atoms with Crippen LogP contribution in [0.5, 0.6) is 0 Å². The van der Waals surface area contributed by atoms with Crippen LogP contribution in [0.25, 0.3) is 0 Å². The third-order valence-electron chi connectivity index (χ3n) is 17.2. The Labute approximate surface area is 464 Å². The van der Waals surface area contributed by atoms with Gasteiger partial charge in [-0.25, -0.2) is 0 Å². The number of aliphatic hydroxyl groups excluding tert-OH is 2. The molecule has 4 aromatic rings. The van der Waals surface area contributed by atoms with Gasteiger partial charge in [-0.2, -0.15) is 0 Å². The minimum Gasteiger partial charge on any atom is -0.396 e. The van der Waals surface area contributed by atoms with E-state index in [1.807, 2.05) is 0 Å². The molecular weight excluding hydrogens is 937 g/mol. The summed E-state index contributed by atoms with van der Waals surface area (Å²) in [6.45, 7) is 14.0. The molecule has 2 aliphatic heterocycles. The van der Waals surface area contributed by atoms with Crippen LogP contribution in [0.3, 0.4) is 0 Å². The van der Waals surface area contributed by atoms with Crippen LogP contribution in [-0.4, -0.2) is 176 Å². The molecule has 0 saturated carbocycles. The van der Waals surface area contributed by atoms with Gasteiger partial charge >= 0.3 is 0 Å². The molecule has 2 N–H and O–H groups in total. The number of unbranched alkanes of at least 4 members (excludes halogenated alkanes) is 17. The van der Waals surface area contributed by atoms with Gasteiger partial charge in [0.25, 0.3) is 0 Å².